The van der Waals surface area contributed by atoms with Crippen molar-refractivity contribution < 1.29 is 9.18 Å². The van der Waals surface area contributed by atoms with Gasteiger partial charge in [-0.3, -0.25) is 9.78 Å². The summed E-state index contributed by atoms with van der Waals surface area (Å²) in [5.41, 5.74) is 3.14. The second-order valence-electron chi connectivity index (χ2n) is 5.60. The molecule has 0 fully saturated rings. The number of pyridine rings is 1. The second-order valence-corrected chi connectivity index (χ2v) is 5.60. The van der Waals surface area contributed by atoms with Crippen LogP contribution in [0.25, 0.3) is 0 Å². The van der Waals surface area contributed by atoms with Crippen molar-refractivity contribution in [3.63, 3.8) is 0 Å². The number of aromatic nitrogens is 3. The molecule has 5 nitrogen and oxygen atoms in total. The Balaban J connectivity index is 1.65. The predicted molar refractivity (Wildman–Crippen MR) is 87.8 cm³/mol. The molecule has 0 unspecified atom stereocenters. The quantitative estimate of drug-likeness (QED) is 0.784. The third-order valence-corrected chi connectivity index (χ3v) is 3.57. The molecule has 2 aromatic heterocycles. The van der Waals surface area contributed by atoms with Crippen molar-refractivity contribution in [2.24, 2.45) is 7.05 Å². The van der Waals surface area contributed by atoms with Gasteiger partial charge in [0.15, 0.2) is 0 Å². The average Bonchev–Trinajstić information content (AvgIpc) is 3.00. The summed E-state index contributed by atoms with van der Waals surface area (Å²) in [5.74, 6) is -0.464. The van der Waals surface area contributed by atoms with Gasteiger partial charge in [-0.15, -0.1) is 0 Å². The van der Waals surface area contributed by atoms with E-state index in [1.807, 2.05) is 17.8 Å². The number of halogens is 1. The fourth-order valence-corrected chi connectivity index (χ4v) is 2.38. The zero-order valence-electron chi connectivity index (χ0n) is 13.2. The maximum absolute atomic E-state index is 12.9. The molecule has 0 bridgehead atoms. The molecule has 0 saturated carbocycles. The van der Waals surface area contributed by atoms with E-state index in [1.54, 1.807) is 30.7 Å². The Bertz CT molecular complexity index is 842. The fourth-order valence-electron chi connectivity index (χ4n) is 2.38. The molecule has 24 heavy (non-hydrogen) atoms. The van der Waals surface area contributed by atoms with Gasteiger partial charge in [0.25, 0.3) is 5.91 Å². The third kappa shape index (κ3) is 4.04. The lowest BCUT2D eigenvalue weighted by Crippen LogP contribution is -2.23. The van der Waals surface area contributed by atoms with Crippen LogP contribution in [-0.4, -0.2) is 20.4 Å². The highest BCUT2D eigenvalue weighted by Gasteiger charge is 2.08. The fraction of sp³-hybridized carbons (Fsp3) is 0.167. The maximum Gasteiger partial charge on any atom is 0.253 e. The Labute approximate surface area is 139 Å². The van der Waals surface area contributed by atoms with Gasteiger partial charge in [0.2, 0.25) is 0 Å². The SMILES string of the molecule is Cn1cnc(CNC(=O)c2cncc(Cc3ccc(F)cc3)c2)c1. The van der Waals surface area contributed by atoms with Gasteiger partial charge < -0.3 is 9.88 Å². The van der Waals surface area contributed by atoms with Crippen LogP contribution in [0, 0.1) is 5.82 Å². The summed E-state index contributed by atoms with van der Waals surface area (Å²) in [4.78, 5) is 20.5. The van der Waals surface area contributed by atoms with Crippen LogP contribution in [0.5, 0.6) is 0 Å². The molecule has 2 heterocycles. The van der Waals surface area contributed by atoms with Crippen LogP contribution in [0.2, 0.25) is 0 Å². The summed E-state index contributed by atoms with van der Waals surface area (Å²) in [6.07, 6.45) is 7.37. The summed E-state index contributed by atoms with van der Waals surface area (Å²) in [6, 6.07) is 8.09. The highest BCUT2D eigenvalue weighted by molar-refractivity contribution is 5.93. The second kappa shape index (κ2) is 7.04. The van der Waals surface area contributed by atoms with Crippen molar-refractivity contribution in [1.82, 2.24) is 19.9 Å². The molecule has 122 valence electrons. The lowest BCUT2D eigenvalue weighted by molar-refractivity contribution is 0.0950. The summed E-state index contributed by atoms with van der Waals surface area (Å²) in [5, 5.41) is 2.82. The normalized spacial score (nSPS) is 10.6. The number of nitrogens with zero attached hydrogens (tertiary/aromatic N) is 3. The van der Waals surface area contributed by atoms with E-state index >= 15 is 0 Å². The first-order chi connectivity index (χ1) is 11.6. The Morgan fingerprint density at radius 1 is 1.21 bits per heavy atom. The molecule has 3 rings (SSSR count). The van der Waals surface area contributed by atoms with Gasteiger partial charge in [-0.2, -0.15) is 0 Å². The van der Waals surface area contributed by atoms with Gasteiger partial charge in [-0.25, -0.2) is 9.37 Å². The molecule has 0 saturated heterocycles. The highest BCUT2D eigenvalue weighted by atomic mass is 19.1. The number of hydrogen-bond donors (Lipinski definition) is 1. The van der Waals surface area contributed by atoms with Crippen LogP contribution >= 0.6 is 0 Å². The third-order valence-electron chi connectivity index (χ3n) is 3.57. The minimum absolute atomic E-state index is 0.200. The molecule has 6 heteroatoms. The van der Waals surface area contributed by atoms with E-state index in [-0.39, 0.29) is 11.7 Å². The van der Waals surface area contributed by atoms with E-state index in [1.165, 1.54) is 18.3 Å². The molecule has 1 amide bonds. The number of hydrogen-bond acceptors (Lipinski definition) is 3. The molecule has 0 aliphatic carbocycles. The zero-order chi connectivity index (χ0) is 16.9. The summed E-state index contributed by atoms with van der Waals surface area (Å²) in [7, 11) is 1.88. The molecular formula is C18H17FN4O. The first-order valence-electron chi connectivity index (χ1n) is 7.53. The van der Waals surface area contributed by atoms with Gasteiger partial charge in [0.1, 0.15) is 5.82 Å². The topological polar surface area (TPSA) is 59.8 Å². The van der Waals surface area contributed by atoms with Crippen molar-refractivity contribution in [1.29, 1.82) is 0 Å². The average molecular weight is 324 g/mol. The minimum Gasteiger partial charge on any atom is -0.346 e. The molecule has 0 spiro atoms. The van der Waals surface area contributed by atoms with E-state index in [9.17, 15) is 9.18 Å². The number of nitrogens with one attached hydrogen (secondary N) is 1. The van der Waals surface area contributed by atoms with Gasteiger partial charge in [-0.05, 0) is 35.7 Å². The van der Waals surface area contributed by atoms with E-state index in [0.717, 1.165) is 16.8 Å². The smallest absolute Gasteiger partial charge is 0.253 e. The number of rotatable bonds is 5. The number of imidazole rings is 1. The molecule has 0 aliphatic heterocycles. The van der Waals surface area contributed by atoms with Crippen LogP contribution in [0.3, 0.4) is 0 Å². The summed E-state index contributed by atoms with van der Waals surface area (Å²) in [6.45, 7) is 0.363. The van der Waals surface area contributed by atoms with Crippen LogP contribution < -0.4 is 5.32 Å². The molecule has 0 radical (unpaired) electrons. The number of carbonyl (C=O) groups excluding carboxylic acids is 1. The van der Waals surface area contributed by atoms with Gasteiger partial charge in [0, 0.05) is 25.6 Å². The minimum atomic E-state index is -0.264. The number of benzene rings is 1. The number of aryl methyl sites for hydroxylation is 1. The van der Waals surface area contributed by atoms with Crippen molar-refractivity contribution in [2.45, 2.75) is 13.0 Å². The predicted octanol–water partition coefficient (Wildman–Crippen LogP) is 2.48. The van der Waals surface area contributed by atoms with Gasteiger partial charge in [0.05, 0.1) is 24.1 Å². The van der Waals surface area contributed by atoms with E-state index in [0.29, 0.717) is 18.5 Å². The van der Waals surface area contributed by atoms with Crippen molar-refractivity contribution >= 4 is 5.91 Å². The molecular weight excluding hydrogens is 307 g/mol. The molecule has 0 atom stereocenters. The summed E-state index contributed by atoms with van der Waals surface area (Å²) >= 11 is 0. The van der Waals surface area contributed by atoms with Crippen LogP contribution in [0.1, 0.15) is 27.2 Å². The molecule has 1 N–H and O–H groups in total. The van der Waals surface area contributed by atoms with Crippen molar-refractivity contribution in [3.05, 3.63) is 83.5 Å². The lowest BCUT2D eigenvalue weighted by atomic mass is 10.1. The van der Waals surface area contributed by atoms with E-state index < -0.39 is 0 Å². The van der Waals surface area contributed by atoms with Crippen molar-refractivity contribution in [3.8, 4) is 0 Å². The Hall–Kier alpha value is -3.02. The standard InChI is InChI=1S/C18H17FN4O/c1-23-11-17(22-12-23)10-21-18(24)15-7-14(8-20-9-15)6-13-2-4-16(19)5-3-13/h2-5,7-9,11-12H,6,10H2,1H3,(H,21,24). The largest absolute Gasteiger partial charge is 0.346 e. The van der Waals surface area contributed by atoms with E-state index in [4.69, 9.17) is 0 Å². The molecule has 0 aliphatic rings. The van der Waals surface area contributed by atoms with E-state index in [2.05, 4.69) is 15.3 Å². The van der Waals surface area contributed by atoms with Crippen LogP contribution in [0.15, 0.2) is 55.2 Å². The van der Waals surface area contributed by atoms with Gasteiger partial charge >= 0.3 is 0 Å². The Morgan fingerprint density at radius 3 is 2.71 bits per heavy atom. The molecule has 1 aromatic carbocycles. The Morgan fingerprint density at radius 2 is 2.00 bits per heavy atom. The molecule has 3 aromatic rings. The monoisotopic (exact) mass is 324 g/mol. The van der Waals surface area contributed by atoms with Crippen LogP contribution in [0.4, 0.5) is 4.39 Å². The maximum atomic E-state index is 12.9. The first kappa shape index (κ1) is 15.9. The van der Waals surface area contributed by atoms with Crippen molar-refractivity contribution in [2.75, 3.05) is 0 Å². The van der Waals surface area contributed by atoms with Gasteiger partial charge in [-0.1, -0.05) is 12.1 Å². The summed E-state index contributed by atoms with van der Waals surface area (Å²) < 4.78 is 14.8. The Kier molecular flexibility index (Phi) is 4.65. The zero-order valence-corrected chi connectivity index (χ0v) is 13.2. The number of carbonyl (C=O) groups is 1. The lowest BCUT2D eigenvalue weighted by Gasteiger charge is -2.06. The first-order valence-corrected chi connectivity index (χ1v) is 7.53. The van der Waals surface area contributed by atoms with Crippen LogP contribution in [-0.2, 0) is 20.0 Å². The number of amides is 1. The highest BCUT2D eigenvalue weighted by Crippen LogP contribution is 2.11.